The predicted octanol–water partition coefficient (Wildman–Crippen LogP) is 4.95. The molecule has 2 atom stereocenters. The van der Waals surface area contributed by atoms with Crippen molar-refractivity contribution in [3.8, 4) is 0 Å². The largest absolute Gasteiger partial charge is 0.352 e. The van der Waals surface area contributed by atoms with E-state index in [9.17, 15) is 4.79 Å². The molecule has 33 heavy (non-hydrogen) atoms. The van der Waals surface area contributed by atoms with Gasteiger partial charge in [0.1, 0.15) is 0 Å². The van der Waals surface area contributed by atoms with E-state index in [2.05, 4.69) is 64.3 Å². The Hall–Kier alpha value is -3.19. The summed E-state index contributed by atoms with van der Waals surface area (Å²) in [4.78, 5) is 19.4. The molecule has 0 saturated carbocycles. The number of rotatable bonds is 6. The van der Waals surface area contributed by atoms with Crippen molar-refractivity contribution in [2.45, 2.75) is 51.7 Å². The van der Waals surface area contributed by atoms with E-state index in [0.717, 1.165) is 22.5 Å². The SMILES string of the molecule is Cc1ccc(NC(=O)CCN2C(=S)N[C@H](c3ccccn3)[C@H]2c2ccn(C(C)(C)C)c2)cc1. The summed E-state index contributed by atoms with van der Waals surface area (Å²) in [6, 6.07) is 15.7. The maximum Gasteiger partial charge on any atom is 0.226 e. The zero-order chi connectivity index (χ0) is 23.6. The highest BCUT2D eigenvalue weighted by Gasteiger charge is 2.40. The number of aryl methyl sites for hydroxylation is 1. The first-order valence-electron chi connectivity index (χ1n) is 11.3. The Morgan fingerprint density at radius 1 is 1.15 bits per heavy atom. The average Bonchev–Trinajstić information content (AvgIpc) is 3.39. The van der Waals surface area contributed by atoms with Crippen molar-refractivity contribution in [1.82, 2.24) is 19.8 Å². The van der Waals surface area contributed by atoms with Crippen LogP contribution in [0.2, 0.25) is 0 Å². The van der Waals surface area contributed by atoms with E-state index in [1.807, 2.05) is 49.4 Å². The van der Waals surface area contributed by atoms with Crippen LogP contribution in [0.25, 0.3) is 0 Å². The van der Waals surface area contributed by atoms with Crippen molar-refractivity contribution >= 4 is 28.9 Å². The van der Waals surface area contributed by atoms with Gasteiger partial charge in [-0.1, -0.05) is 23.8 Å². The van der Waals surface area contributed by atoms with Gasteiger partial charge in [0.2, 0.25) is 5.91 Å². The second-order valence-corrected chi connectivity index (χ2v) is 9.89. The molecule has 1 saturated heterocycles. The fraction of sp³-hybridized carbons (Fsp3) is 0.346. The molecule has 1 aliphatic heterocycles. The summed E-state index contributed by atoms with van der Waals surface area (Å²) >= 11 is 5.72. The number of hydrogen-bond acceptors (Lipinski definition) is 3. The Labute approximate surface area is 201 Å². The predicted molar refractivity (Wildman–Crippen MR) is 136 cm³/mol. The third-order valence-electron chi connectivity index (χ3n) is 5.94. The molecule has 0 aliphatic carbocycles. The zero-order valence-electron chi connectivity index (χ0n) is 19.6. The van der Waals surface area contributed by atoms with Crippen LogP contribution in [0, 0.1) is 6.92 Å². The van der Waals surface area contributed by atoms with Crippen molar-refractivity contribution in [2.75, 3.05) is 11.9 Å². The first-order valence-corrected chi connectivity index (χ1v) is 11.7. The van der Waals surface area contributed by atoms with Gasteiger partial charge in [-0.3, -0.25) is 9.78 Å². The van der Waals surface area contributed by atoms with Crippen LogP contribution in [0.15, 0.2) is 67.1 Å². The van der Waals surface area contributed by atoms with Crippen molar-refractivity contribution in [1.29, 1.82) is 0 Å². The van der Waals surface area contributed by atoms with Crippen LogP contribution in [0.4, 0.5) is 5.69 Å². The molecule has 2 N–H and O–H groups in total. The van der Waals surface area contributed by atoms with Crippen LogP contribution >= 0.6 is 12.2 Å². The molecule has 0 spiro atoms. The fourth-order valence-corrected chi connectivity index (χ4v) is 4.43. The van der Waals surface area contributed by atoms with Gasteiger partial charge in [0.15, 0.2) is 5.11 Å². The van der Waals surface area contributed by atoms with Crippen LogP contribution < -0.4 is 10.6 Å². The number of nitrogens with one attached hydrogen (secondary N) is 2. The third kappa shape index (κ3) is 5.25. The van der Waals surface area contributed by atoms with Crippen LogP contribution in [-0.4, -0.2) is 32.0 Å². The van der Waals surface area contributed by atoms with E-state index in [0.29, 0.717) is 18.1 Å². The number of nitrogens with zero attached hydrogens (tertiary/aromatic N) is 3. The average molecular weight is 462 g/mol. The zero-order valence-corrected chi connectivity index (χ0v) is 20.4. The van der Waals surface area contributed by atoms with Crippen LogP contribution in [0.1, 0.15) is 56.1 Å². The Morgan fingerprint density at radius 3 is 2.55 bits per heavy atom. The molecule has 0 unspecified atom stereocenters. The van der Waals surface area contributed by atoms with Crippen LogP contribution in [0.5, 0.6) is 0 Å². The molecular weight excluding hydrogens is 430 g/mol. The topological polar surface area (TPSA) is 62.2 Å². The number of carbonyl (C=O) groups is 1. The highest BCUT2D eigenvalue weighted by Crippen LogP contribution is 2.39. The first-order chi connectivity index (χ1) is 15.7. The standard InChI is InChI=1S/C26H31N5OS/c1-18-8-10-20(11-9-18)28-22(32)13-16-31-24(19-12-15-30(17-19)26(2,3)4)23(29-25(31)33)21-7-5-6-14-27-21/h5-12,14-15,17,23-24H,13,16H2,1-4H3,(H,28,32)(H,29,33)/t23-,24-/m1/s1. The summed E-state index contributed by atoms with van der Waals surface area (Å²) in [6.45, 7) is 9.07. The van der Waals surface area contributed by atoms with Gasteiger partial charge in [-0.25, -0.2) is 0 Å². The van der Waals surface area contributed by atoms with Crippen LogP contribution in [0.3, 0.4) is 0 Å². The van der Waals surface area contributed by atoms with Crippen LogP contribution in [-0.2, 0) is 10.3 Å². The summed E-state index contributed by atoms with van der Waals surface area (Å²) in [5.41, 5.74) is 4.01. The summed E-state index contributed by atoms with van der Waals surface area (Å²) < 4.78 is 2.21. The molecule has 3 aromatic rings. The Morgan fingerprint density at radius 2 is 1.91 bits per heavy atom. The molecule has 7 heteroatoms. The normalized spacial score (nSPS) is 18.3. The van der Waals surface area contributed by atoms with E-state index in [1.54, 1.807) is 6.20 Å². The summed E-state index contributed by atoms with van der Waals surface area (Å²) in [7, 11) is 0. The van der Waals surface area contributed by atoms with Gasteiger partial charge in [-0.05, 0) is 75.8 Å². The molecule has 4 rings (SSSR count). The van der Waals surface area contributed by atoms with Gasteiger partial charge in [0, 0.05) is 42.8 Å². The molecule has 0 radical (unpaired) electrons. The number of carbonyl (C=O) groups excluding carboxylic acids is 1. The van der Waals surface area contributed by atoms with Crippen molar-refractivity contribution in [3.63, 3.8) is 0 Å². The summed E-state index contributed by atoms with van der Waals surface area (Å²) in [5, 5.41) is 7.08. The van der Waals surface area contributed by atoms with Crippen molar-refractivity contribution in [3.05, 3.63) is 83.9 Å². The molecule has 2 aromatic heterocycles. The maximum atomic E-state index is 12.7. The van der Waals surface area contributed by atoms with Gasteiger partial charge >= 0.3 is 0 Å². The molecule has 1 fully saturated rings. The lowest BCUT2D eigenvalue weighted by atomic mass is 9.99. The van der Waals surface area contributed by atoms with Crippen molar-refractivity contribution in [2.24, 2.45) is 0 Å². The van der Waals surface area contributed by atoms with E-state index in [4.69, 9.17) is 12.2 Å². The summed E-state index contributed by atoms with van der Waals surface area (Å²) in [5.74, 6) is -0.0334. The molecule has 3 heterocycles. The second kappa shape index (κ2) is 9.35. The number of aromatic nitrogens is 2. The lowest BCUT2D eigenvalue weighted by Gasteiger charge is -2.27. The molecule has 1 aromatic carbocycles. The Balaban J connectivity index is 1.55. The minimum atomic E-state index is -0.0883. The highest BCUT2D eigenvalue weighted by atomic mass is 32.1. The van der Waals surface area contributed by atoms with Crippen molar-refractivity contribution < 1.29 is 4.79 Å². The molecule has 172 valence electrons. The smallest absolute Gasteiger partial charge is 0.226 e. The van der Waals surface area contributed by atoms with Gasteiger partial charge in [0.05, 0.1) is 17.8 Å². The lowest BCUT2D eigenvalue weighted by molar-refractivity contribution is -0.116. The number of hydrogen-bond donors (Lipinski definition) is 2. The number of thiocarbonyl (C=S) groups is 1. The summed E-state index contributed by atoms with van der Waals surface area (Å²) in [6.07, 6.45) is 6.42. The molecule has 6 nitrogen and oxygen atoms in total. The van der Waals surface area contributed by atoms with E-state index < -0.39 is 0 Å². The minimum absolute atomic E-state index is 0.0238. The van der Waals surface area contributed by atoms with E-state index in [-0.39, 0.29) is 23.5 Å². The lowest BCUT2D eigenvalue weighted by Crippen LogP contribution is -2.32. The minimum Gasteiger partial charge on any atom is -0.352 e. The van der Waals surface area contributed by atoms with Gasteiger partial charge in [0.25, 0.3) is 0 Å². The Kier molecular flexibility index (Phi) is 6.51. The molecule has 1 aliphatic rings. The van der Waals surface area contributed by atoms with E-state index >= 15 is 0 Å². The monoisotopic (exact) mass is 461 g/mol. The third-order valence-corrected chi connectivity index (χ3v) is 6.30. The molecule has 0 bridgehead atoms. The van der Waals surface area contributed by atoms with Gasteiger partial charge < -0.3 is 20.1 Å². The Bertz CT molecular complexity index is 1120. The maximum absolute atomic E-state index is 12.7. The number of anilines is 1. The quantitative estimate of drug-likeness (QED) is 0.509. The highest BCUT2D eigenvalue weighted by molar-refractivity contribution is 7.80. The van der Waals surface area contributed by atoms with Gasteiger partial charge in [-0.2, -0.15) is 0 Å². The molecular formula is C26H31N5OS. The number of benzene rings is 1. The number of pyridine rings is 1. The fourth-order valence-electron chi connectivity index (χ4n) is 4.10. The molecule has 1 amide bonds. The second-order valence-electron chi connectivity index (χ2n) is 9.51. The van der Waals surface area contributed by atoms with E-state index in [1.165, 1.54) is 0 Å². The van der Waals surface area contributed by atoms with Gasteiger partial charge in [-0.15, -0.1) is 0 Å². The first kappa shape index (κ1) is 23.0. The number of amides is 1.